The number of hydrogen-bond donors (Lipinski definition) is 2. The van der Waals surface area contributed by atoms with E-state index in [1.165, 1.54) is 4.90 Å². The Morgan fingerprint density at radius 2 is 1.69 bits per heavy atom. The van der Waals surface area contributed by atoms with E-state index < -0.39 is 18.1 Å². The molecule has 190 valence electrons. The molecule has 0 bridgehead atoms. The molecular weight excluding hydrogens is 458 g/mol. The molecule has 2 aromatic carbocycles. The molecule has 0 spiro atoms. The number of aliphatic carboxylic acids is 1. The normalized spacial score (nSPS) is 11.6. The Bertz CT molecular complexity index is 1210. The summed E-state index contributed by atoms with van der Waals surface area (Å²) in [6, 6.07) is 13.8. The highest BCUT2D eigenvalue weighted by Gasteiger charge is 2.23. The highest BCUT2D eigenvalue weighted by molar-refractivity contribution is 5.83. The topological polar surface area (TPSA) is 108 Å². The van der Waals surface area contributed by atoms with E-state index in [1.807, 2.05) is 57.0 Å². The number of nitrogens with zero attached hydrogens (tertiary/aromatic N) is 4. The maximum absolute atomic E-state index is 12.2. The minimum Gasteiger partial charge on any atom is -0.480 e. The lowest BCUT2D eigenvalue weighted by molar-refractivity contribution is -0.137. The monoisotopic (exact) mass is 491 g/mol. The van der Waals surface area contributed by atoms with Crippen LogP contribution in [0.1, 0.15) is 25.0 Å². The molecule has 0 aliphatic rings. The predicted molar refractivity (Wildman–Crippen MR) is 141 cm³/mol. The molecule has 1 aromatic heterocycles. The molecule has 36 heavy (non-hydrogen) atoms. The molecule has 0 fully saturated rings. The van der Waals surface area contributed by atoms with Crippen molar-refractivity contribution >= 4 is 23.8 Å². The summed E-state index contributed by atoms with van der Waals surface area (Å²) in [5.41, 5.74) is 3.45. The fourth-order valence-electron chi connectivity index (χ4n) is 3.44. The van der Waals surface area contributed by atoms with Gasteiger partial charge in [-0.25, -0.2) is 14.6 Å². The third-order valence-corrected chi connectivity index (χ3v) is 5.84. The maximum atomic E-state index is 12.2. The van der Waals surface area contributed by atoms with Crippen molar-refractivity contribution in [1.29, 1.82) is 0 Å². The van der Waals surface area contributed by atoms with Crippen molar-refractivity contribution in [3.05, 3.63) is 65.9 Å². The van der Waals surface area contributed by atoms with Gasteiger partial charge in [-0.2, -0.15) is 4.98 Å². The van der Waals surface area contributed by atoms with Gasteiger partial charge in [0.05, 0.1) is 0 Å². The van der Waals surface area contributed by atoms with Crippen LogP contribution >= 0.6 is 0 Å². The van der Waals surface area contributed by atoms with Gasteiger partial charge < -0.3 is 25.0 Å². The molecule has 0 saturated heterocycles. The number of nitrogens with one attached hydrogen (secondary N) is 1. The second-order valence-corrected chi connectivity index (χ2v) is 9.10. The number of rotatable bonds is 9. The van der Waals surface area contributed by atoms with Crippen molar-refractivity contribution in [3.63, 3.8) is 0 Å². The summed E-state index contributed by atoms with van der Waals surface area (Å²) in [5.74, 6) is 0.328. The maximum Gasteiger partial charge on any atom is 0.414 e. The number of aromatic nitrogens is 2. The van der Waals surface area contributed by atoms with Crippen LogP contribution in [-0.2, 0) is 11.2 Å². The Morgan fingerprint density at radius 3 is 2.28 bits per heavy atom. The Balaban J connectivity index is 1.91. The third kappa shape index (κ3) is 6.50. The number of amides is 1. The Labute approximate surface area is 211 Å². The number of carbonyl (C=O) groups is 2. The van der Waals surface area contributed by atoms with Gasteiger partial charge in [-0.3, -0.25) is 0 Å². The highest BCUT2D eigenvalue weighted by atomic mass is 16.6. The summed E-state index contributed by atoms with van der Waals surface area (Å²) in [7, 11) is 5.10. The van der Waals surface area contributed by atoms with E-state index in [0.29, 0.717) is 17.5 Å². The van der Waals surface area contributed by atoms with Gasteiger partial charge in [0.2, 0.25) is 5.95 Å². The lowest BCUT2D eigenvalue weighted by atomic mass is 10.0. The lowest BCUT2D eigenvalue weighted by Crippen LogP contribution is -2.33. The van der Waals surface area contributed by atoms with E-state index in [9.17, 15) is 14.7 Å². The fourth-order valence-corrected chi connectivity index (χ4v) is 3.44. The average Bonchev–Trinajstić information content (AvgIpc) is 2.84. The van der Waals surface area contributed by atoms with Gasteiger partial charge in [-0.05, 0) is 49.6 Å². The molecule has 3 aromatic rings. The first-order valence-electron chi connectivity index (χ1n) is 11.7. The molecule has 0 aliphatic heterocycles. The van der Waals surface area contributed by atoms with Crippen molar-refractivity contribution < 1.29 is 19.4 Å². The summed E-state index contributed by atoms with van der Waals surface area (Å²) >= 11 is 0. The van der Waals surface area contributed by atoms with Crippen molar-refractivity contribution in [2.75, 3.05) is 31.4 Å². The molecule has 0 aliphatic carbocycles. The van der Waals surface area contributed by atoms with Crippen LogP contribution in [-0.4, -0.2) is 65.3 Å². The first kappa shape index (κ1) is 26.5. The van der Waals surface area contributed by atoms with E-state index in [2.05, 4.69) is 10.3 Å². The summed E-state index contributed by atoms with van der Waals surface area (Å²) in [6.07, 6.45) is 1.45. The molecule has 3 rings (SSSR count). The number of aryl methyl sites for hydroxylation is 1. The zero-order valence-corrected chi connectivity index (χ0v) is 21.5. The molecule has 0 saturated carbocycles. The molecule has 0 unspecified atom stereocenters. The van der Waals surface area contributed by atoms with E-state index >= 15 is 0 Å². The Hall–Kier alpha value is -4.14. The zero-order valence-electron chi connectivity index (χ0n) is 21.5. The number of carboxylic acid groups (broad SMARTS) is 1. The molecule has 1 heterocycles. The summed E-state index contributed by atoms with van der Waals surface area (Å²) in [4.78, 5) is 36.5. The van der Waals surface area contributed by atoms with Crippen LogP contribution in [0.25, 0.3) is 11.1 Å². The minimum absolute atomic E-state index is 0.164. The van der Waals surface area contributed by atoms with Gasteiger partial charge in [0.15, 0.2) is 0 Å². The van der Waals surface area contributed by atoms with E-state index in [1.54, 1.807) is 44.6 Å². The molecular formula is C27H33N5O4. The number of hydrogen-bond acceptors (Lipinski definition) is 7. The van der Waals surface area contributed by atoms with E-state index in [0.717, 1.165) is 22.3 Å². The first-order valence-corrected chi connectivity index (χ1v) is 11.7. The van der Waals surface area contributed by atoms with Crippen molar-refractivity contribution in [3.8, 4) is 16.9 Å². The molecule has 0 radical (unpaired) electrons. The zero-order chi connectivity index (χ0) is 26.4. The first-order chi connectivity index (χ1) is 17.1. The van der Waals surface area contributed by atoms with Crippen LogP contribution in [0.15, 0.2) is 54.7 Å². The summed E-state index contributed by atoms with van der Waals surface area (Å²) < 4.78 is 5.24. The van der Waals surface area contributed by atoms with Gasteiger partial charge in [0.25, 0.3) is 0 Å². The lowest BCUT2D eigenvalue weighted by Gasteiger charge is -2.24. The van der Waals surface area contributed by atoms with E-state index in [4.69, 9.17) is 9.72 Å². The van der Waals surface area contributed by atoms with Crippen LogP contribution in [0.4, 0.5) is 16.6 Å². The number of anilines is 2. The second kappa shape index (κ2) is 11.5. The van der Waals surface area contributed by atoms with Gasteiger partial charge in [-0.15, -0.1) is 0 Å². The number of benzene rings is 2. The van der Waals surface area contributed by atoms with Crippen molar-refractivity contribution in [1.82, 2.24) is 14.9 Å². The quantitative estimate of drug-likeness (QED) is 0.452. The van der Waals surface area contributed by atoms with Crippen molar-refractivity contribution in [2.24, 2.45) is 0 Å². The van der Waals surface area contributed by atoms with Crippen LogP contribution < -0.4 is 15.0 Å². The summed E-state index contributed by atoms with van der Waals surface area (Å²) in [5, 5.41) is 13.2. The van der Waals surface area contributed by atoms with Gasteiger partial charge in [0.1, 0.15) is 17.6 Å². The van der Waals surface area contributed by atoms with Gasteiger partial charge in [-0.1, -0.05) is 36.4 Å². The minimum atomic E-state index is -1.01. The largest absolute Gasteiger partial charge is 0.480 e. The van der Waals surface area contributed by atoms with Crippen LogP contribution in [0.3, 0.4) is 0 Å². The number of carbonyl (C=O) groups excluding carboxylic acids is 1. The Kier molecular flexibility index (Phi) is 8.47. The Morgan fingerprint density at radius 1 is 1.03 bits per heavy atom. The number of carboxylic acids is 1. The van der Waals surface area contributed by atoms with Gasteiger partial charge >= 0.3 is 12.1 Å². The van der Waals surface area contributed by atoms with Crippen molar-refractivity contribution in [2.45, 2.75) is 39.3 Å². The predicted octanol–water partition coefficient (Wildman–Crippen LogP) is 4.46. The van der Waals surface area contributed by atoms with Crippen LogP contribution in [0, 0.1) is 6.92 Å². The molecule has 2 N–H and O–H groups in total. The fraction of sp³-hybridized carbons (Fsp3) is 0.333. The average molecular weight is 492 g/mol. The van der Waals surface area contributed by atoms with E-state index in [-0.39, 0.29) is 12.5 Å². The van der Waals surface area contributed by atoms with Crippen LogP contribution in [0.5, 0.6) is 5.75 Å². The molecule has 9 heteroatoms. The van der Waals surface area contributed by atoms with Crippen LogP contribution in [0.2, 0.25) is 0 Å². The smallest absolute Gasteiger partial charge is 0.414 e. The molecule has 1 atom stereocenters. The number of ether oxygens (including phenoxy) is 1. The highest BCUT2D eigenvalue weighted by Crippen LogP contribution is 2.31. The third-order valence-electron chi connectivity index (χ3n) is 5.84. The van der Waals surface area contributed by atoms with Gasteiger partial charge in [0, 0.05) is 45.4 Å². The molecule has 1 amide bonds. The second-order valence-electron chi connectivity index (χ2n) is 9.10. The molecule has 9 nitrogen and oxygen atoms in total. The summed E-state index contributed by atoms with van der Waals surface area (Å²) in [6.45, 7) is 6.06. The SMILES string of the molecule is Cc1ccccc1-c1cnc(N(C)C(C)C)nc1N[C@@H](Cc1ccc(OC(=O)N(C)C)cc1)C(=O)O. The standard InChI is InChI=1S/C27H33N5O4/c1-17(2)32(6)26-28-16-22(21-10-8-7-9-18(21)3)24(30-26)29-23(25(33)34)15-19-11-13-20(14-12-19)36-27(35)31(4)5/h7-14,16-17,23H,15H2,1-6H3,(H,33,34)(H,28,29,30)/t23-/m0/s1.